The minimum Gasteiger partial charge on any atom is -0.342 e. The van der Waals surface area contributed by atoms with Crippen LogP contribution < -0.4 is 10.6 Å². The van der Waals surface area contributed by atoms with E-state index in [2.05, 4.69) is 25.6 Å². The molecule has 12 heteroatoms. The van der Waals surface area contributed by atoms with Crippen LogP contribution in [0.4, 0.5) is 39.1 Å². The first-order chi connectivity index (χ1) is 15.1. The predicted octanol–water partition coefficient (Wildman–Crippen LogP) is 5.38. The van der Waals surface area contributed by atoms with E-state index in [9.17, 15) is 26.7 Å². The zero-order valence-corrected chi connectivity index (χ0v) is 16.5. The quantitative estimate of drug-likeness (QED) is 0.507. The van der Waals surface area contributed by atoms with Crippen LogP contribution in [0.2, 0.25) is 5.02 Å². The summed E-state index contributed by atoms with van der Waals surface area (Å²) in [6.45, 7) is 0. The van der Waals surface area contributed by atoms with Gasteiger partial charge in [-0.2, -0.15) is 13.2 Å². The van der Waals surface area contributed by atoms with Gasteiger partial charge in [-0.3, -0.25) is 4.79 Å². The molecule has 2 N–H and O–H groups in total. The number of amidine groups is 1. The average molecular weight is 468 g/mol. The standard InChI is InChI=1S/C20H11ClF5N5O/c21-12-6-11(22)7-13(23)18(12)30-17-4-9-3-14(28-8-15(9)29-17)19(32)31-16-5-10(1-2-27-16)20(24,25)26/h1-3,5-8H,4H2,(H,29,30)(H,27,31,32). The van der Waals surface area contributed by atoms with Crippen LogP contribution in [0.1, 0.15) is 21.6 Å². The lowest BCUT2D eigenvalue weighted by molar-refractivity contribution is -0.137. The Hall–Kier alpha value is -3.60. The number of rotatable bonds is 3. The Balaban J connectivity index is 1.53. The molecule has 4 rings (SSSR count). The third-order valence-corrected chi connectivity index (χ3v) is 4.70. The Bertz CT molecular complexity index is 1240. The van der Waals surface area contributed by atoms with Crippen molar-refractivity contribution in [3.8, 4) is 0 Å². The normalized spacial score (nSPS) is 14.2. The van der Waals surface area contributed by atoms with Crippen LogP contribution in [0.5, 0.6) is 0 Å². The van der Waals surface area contributed by atoms with Crippen LogP contribution >= 0.6 is 11.6 Å². The summed E-state index contributed by atoms with van der Waals surface area (Å²) in [6, 6.07) is 4.48. The van der Waals surface area contributed by atoms with Crippen LogP contribution in [0.3, 0.4) is 0 Å². The molecule has 0 unspecified atom stereocenters. The van der Waals surface area contributed by atoms with Crippen LogP contribution in [-0.4, -0.2) is 21.7 Å². The number of nitrogens with zero attached hydrogens (tertiary/aromatic N) is 3. The number of carbonyl (C=O) groups excluding carboxylic acids is 1. The minimum absolute atomic E-state index is 0.0722. The molecule has 1 aliphatic heterocycles. The van der Waals surface area contributed by atoms with E-state index >= 15 is 0 Å². The maximum Gasteiger partial charge on any atom is 0.416 e. The second kappa shape index (κ2) is 8.15. The van der Waals surface area contributed by atoms with Gasteiger partial charge in [0.25, 0.3) is 5.91 Å². The van der Waals surface area contributed by atoms with Gasteiger partial charge in [0.15, 0.2) is 5.82 Å². The lowest BCUT2D eigenvalue weighted by Gasteiger charge is -2.09. The average Bonchev–Trinajstić information content (AvgIpc) is 3.12. The molecule has 0 radical (unpaired) electrons. The van der Waals surface area contributed by atoms with E-state index in [1.165, 1.54) is 12.3 Å². The van der Waals surface area contributed by atoms with Gasteiger partial charge in [-0.15, -0.1) is 0 Å². The number of benzene rings is 1. The molecular formula is C20H11ClF5N5O. The van der Waals surface area contributed by atoms with Crippen molar-refractivity contribution in [3.63, 3.8) is 0 Å². The van der Waals surface area contributed by atoms with Crippen molar-refractivity contribution in [1.82, 2.24) is 9.97 Å². The van der Waals surface area contributed by atoms with Crippen molar-refractivity contribution in [2.75, 3.05) is 10.6 Å². The molecule has 1 aliphatic rings. The van der Waals surface area contributed by atoms with Crippen LogP contribution in [0, 0.1) is 11.6 Å². The summed E-state index contributed by atoms with van der Waals surface area (Å²) in [4.78, 5) is 24.2. The van der Waals surface area contributed by atoms with Gasteiger partial charge in [-0.05, 0) is 29.8 Å². The smallest absolute Gasteiger partial charge is 0.342 e. The third-order valence-electron chi connectivity index (χ3n) is 4.42. The molecule has 3 aromatic rings. The second-order valence-electron chi connectivity index (χ2n) is 6.69. The zero-order valence-electron chi connectivity index (χ0n) is 15.8. The zero-order chi connectivity index (χ0) is 23.0. The summed E-state index contributed by atoms with van der Waals surface area (Å²) in [6.07, 6.45) is -2.16. The first-order valence-electron chi connectivity index (χ1n) is 8.93. The van der Waals surface area contributed by atoms with E-state index in [0.29, 0.717) is 23.4 Å². The number of amides is 1. The number of pyridine rings is 2. The fraction of sp³-hybridized carbons (Fsp3) is 0.100. The van der Waals surface area contributed by atoms with Gasteiger partial charge in [0.05, 0.1) is 22.5 Å². The predicted molar refractivity (Wildman–Crippen MR) is 107 cm³/mol. The molecular weight excluding hydrogens is 457 g/mol. The summed E-state index contributed by atoms with van der Waals surface area (Å²) >= 11 is 5.85. The van der Waals surface area contributed by atoms with Gasteiger partial charge in [0, 0.05) is 18.7 Å². The van der Waals surface area contributed by atoms with Gasteiger partial charge in [-0.25, -0.2) is 23.7 Å². The summed E-state index contributed by atoms with van der Waals surface area (Å²) in [5.41, 5.74) is -0.195. The Labute approximate surface area is 182 Å². The fourth-order valence-electron chi connectivity index (χ4n) is 2.96. The summed E-state index contributed by atoms with van der Waals surface area (Å²) < 4.78 is 65.6. The number of anilines is 2. The first kappa shape index (κ1) is 21.6. The Morgan fingerprint density at radius 3 is 2.66 bits per heavy atom. The number of fused-ring (bicyclic) bond motifs is 1. The molecule has 6 nitrogen and oxygen atoms in total. The highest BCUT2D eigenvalue weighted by atomic mass is 35.5. The number of alkyl halides is 3. The molecule has 1 aromatic carbocycles. The Morgan fingerprint density at radius 2 is 1.94 bits per heavy atom. The maximum atomic E-state index is 14.0. The molecule has 0 bridgehead atoms. The second-order valence-corrected chi connectivity index (χ2v) is 7.09. The number of hydrogen-bond donors (Lipinski definition) is 2. The van der Waals surface area contributed by atoms with Crippen molar-refractivity contribution in [3.05, 3.63) is 76.2 Å². The molecule has 0 aliphatic carbocycles. The molecule has 3 heterocycles. The first-order valence-corrected chi connectivity index (χ1v) is 9.30. The highest BCUT2D eigenvalue weighted by Gasteiger charge is 2.31. The van der Waals surface area contributed by atoms with Crippen molar-refractivity contribution >= 4 is 40.5 Å². The van der Waals surface area contributed by atoms with Crippen molar-refractivity contribution in [2.24, 2.45) is 4.99 Å². The van der Waals surface area contributed by atoms with Crippen LogP contribution in [0.15, 0.2) is 47.7 Å². The number of nitrogens with one attached hydrogen (secondary N) is 2. The molecule has 0 saturated heterocycles. The minimum atomic E-state index is -4.58. The van der Waals surface area contributed by atoms with Crippen LogP contribution in [0.25, 0.3) is 0 Å². The molecule has 1 amide bonds. The van der Waals surface area contributed by atoms with Crippen molar-refractivity contribution in [2.45, 2.75) is 12.6 Å². The molecule has 0 spiro atoms. The number of halogens is 6. The van der Waals surface area contributed by atoms with E-state index in [0.717, 1.165) is 18.3 Å². The lowest BCUT2D eigenvalue weighted by Crippen LogP contribution is -2.16. The van der Waals surface area contributed by atoms with Gasteiger partial charge in [-0.1, -0.05) is 11.6 Å². The highest BCUT2D eigenvalue weighted by molar-refractivity contribution is 6.33. The largest absolute Gasteiger partial charge is 0.416 e. The van der Waals surface area contributed by atoms with Gasteiger partial charge in [0.1, 0.15) is 28.9 Å². The molecule has 32 heavy (non-hydrogen) atoms. The maximum absolute atomic E-state index is 14.0. The number of hydrogen-bond acceptors (Lipinski definition) is 4. The number of carbonyl (C=O) groups is 1. The number of aliphatic imine (C=N–C) groups is 1. The van der Waals surface area contributed by atoms with Crippen molar-refractivity contribution in [1.29, 1.82) is 0 Å². The molecule has 0 saturated carbocycles. The van der Waals surface area contributed by atoms with Crippen LogP contribution in [-0.2, 0) is 12.6 Å². The summed E-state index contributed by atoms with van der Waals surface area (Å²) in [5.74, 6) is -2.54. The van der Waals surface area contributed by atoms with Crippen molar-refractivity contribution < 1.29 is 26.7 Å². The summed E-state index contributed by atoms with van der Waals surface area (Å²) in [7, 11) is 0. The SMILES string of the molecule is O=C(Nc1cc(C(F)(F)F)ccn1)c1cc2c(cn1)NC(=Nc1c(F)cc(F)cc1Cl)C2. The van der Waals surface area contributed by atoms with Gasteiger partial charge >= 0.3 is 6.18 Å². The summed E-state index contributed by atoms with van der Waals surface area (Å²) in [5, 5.41) is 4.95. The van der Waals surface area contributed by atoms with E-state index < -0.39 is 29.3 Å². The lowest BCUT2D eigenvalue weighted by atomic mass is 10.1. The monoisotopic (exact) mass is 467 g/mol. The Morgan fingerprint density at radius 1 is 1.16 bits per heavy atom. The fourth-order valence-corrected chi connectivity index (χ4v) is 3.20. The van der Waals surface area contributed by atoms with E-state index in [1.54, 1.807) is 0 Å². The van der Waals surface area contributed by atoms with Gasteiger partial charge < -0.3 is 10.6 Å². The molecule has 0 atom stereocenters. The van der Waals surface area contributed by atoms with Gasteiger partial charge in [0.2, 0.25) is 0 Å². The number of aromatic nitrogens is 2. The Kier molecular flexibility index (Phi) is 5.51. The molecule has 2 aromatic heterocycles. The van der Waals surface area contributed by atoms with E-state index in [1.807, 2.05) is 0 Å². The highest BCUT2D eigenvalue weighted by Crippen LogP contribution is 2.32. The van der Waals surface area contributed by atoms with E-state index in [-0.39, 0.29) is 34.5 Å². The molecule has 164 valence electrons. The third kappa shape index (κ3) is 4.52. The topological polar surface area (TPSA) is 79.3 Å². The molecule has 0 fully saturated rings. The van der Waals surface area contributed by atoms with E-state index in [4.69, 9.17) is 11.6 Å².